The van der Waals surface area contributed by atoms with Gasteiger partial charge in [0.2, 0.25) is 0 Å². The van der Waals surface area contributed by atoms with Crippen LogP contribution in [-0.2, 0) is 32.7 Å². The van der Waals surface area contributed by atoms with E-state index in [1.807, 2.05) is 0 Å². The molecule has 0 amide bonds. The fourth-order valence-corrected chi connectivity index (χ4v) is 7.34. The van der Waals surface area contributed by atoms with Crippen molar-refractivity contribution in [3.63, 3.8) is 0 Å². The van der Waals surface area contributed by atoms with Crippen molar-refractivity contribution in [3.05, 3.63) is 72.9 Å². The molecule has 6 atom stereocenters. The van der Waals surface area contributed by atoms with E-state index < -0.39 is 75.7 Å². The molecule has 6 N–H and O–H groups in total. The molecule has 1 rings (SSSR count). The summed E-state index contributed by atoms with van der Waals surface area (Å²) < 4.78 is 33.5. The Balaban J connectivity index is 2.51. The smallest absolute Gasteiger partial charge is 0.462 e. The van der Waals surface area contributed by atoms with Crippen LogP contribution in [0.4, 0.5) is 0 Å². The Morgan fingerprint density at radius 3 is 1.43 bits per heavy atom. The number of phosphoric acid groups is 1. The molecule has 0 saturated heterocycles. The summed E-state index contributed by atoms with van der Waals surface area (Å²) in [6.45, 7) is 3.11. The van der Waals surface area contributed by atoms with Crippen LogP contribution >= 0.6 is 7.82 Å². The lowest BCUT2D eigenvalue weighted by Crippen LogP contribution is -2.64. The van der Waals surface area contributed by atoms with Crippen molar-refractivity contribution in [2.24, 2.45) is 0 Å². The minimum Gasteiger partial charge on any atom is -0.462 e. The largest absolute Gasteiger partial charge is 0.472 e. The van der Waals surface area contributed by atoms with E-state index in [9.17, 15) is 44.6 Å². The van der Waals surface area contributed by atoms with Gasteiger partial charge in [-0.05, 0) is 83.5 Å². The number of aliphatic hydroxyl groups is 5. The molecule has 0 aromatic carbocycles. The summed E-state index contributed by atoms with van der Waals surface area (Å²) in [4.78, 5) is 35.7. The first kappa shape index (κ1) is 56.3. The average Bonchev–Trinajstić information content (AvgIpc) is 3.24. The first-order valence-electron chi connectivity index (χ1n) is 22.7. The Morgan fingerprint density at radius 2 is 0.934 bits per heavy atom. The van der Waals surface area contributed by atoms with E-state index in [2.05, 4.69) is 86.8 Å². The van der Waals surface area contributed by atoms with Gasteiger partial charge in [-0.2, -0.15) is 0 Å². The van der Waals surface area contributed by atoms with Crippen LogP contribution in [0.15, 0.2) is 72.9 Å². The molecule has 350 valence electrons. The van der Waals surface area contributed by atoms with E-state index in [4.69, 9.17) is 18.5 Å². The molecule has 6 unspecified atom stereocenters. The van der Waals surface area contributed by atoms with Crippen LogP contribution in [0.3, 0.4) is 0 Å². The highest BCUT2D eigenvalue weighted by Gasteiger charge is 2.51. The summed E-state index contributed by atoms with van der Waals surface area (Å²) in [6, 6.07) is 0. The predicted molar refractivity (Wildman–Crippen MR) is 239 cm³/mol. The van der Waals surface area contributed by atoms with Gasteiger partial charge < -0.3 is 39.9 Å². The van der Waals surface area contributed by atoms with Crippen LogP contribution in [0, 0.1) is 0 Å². The van der Waals surface area contributed by atoms with E-state index in [0.717, 1.165) is 96.3 Å². The van der Waals surface area contributed by atoms with E-state index in [-0.39, 0.29) is 12.8 Å². The molecule has 0 spiro atoms. The minimum atomic E-state index is -5.13. The van der Waals surface area contributed by atoms with Gasteiger partial charge in [0.1, 0.15) is 43.2 Å². The molecule has 13 nitrogen and oxygen atoms in total. The quantitative estimate of drug-likeness (QED) is 0.0151. The SMILES string of the molecule is CCC=CCC=CCC=CCC=CCCCCCCC(=O)OC(COC(=O)CCCCCCCC=CCC=CCCCCC)COP(=O)(O)OC1C(O)C(O)C(O)C(O)C1O. The fraction of sp³-hybridized carbons (Fsp3) is 0.702. The summed E-state index contributed by atoms with van der Waals surface area (Å²) >= 11 is 0. The van der Waals surface area contributed by atoms with Crippen LogP contribution in [0.25, 0.3) is 0 Å². The summed E-state index contributed by atoms with van der Waals surface area (Å²) in [7, 11) is -5.13. The number of carbonyl (C=O) groups is 2. The second-order valence-electron chi connectivity index (χ2n) is 15.5. The Morgan fingerprint density at radius 1 is 0.525 bits per heavy atom. The zero-order chi connectivity index (χ0) is 45.0. The van der Waals surface area contributed by atoms with Crippen molar-refractivity contribution in [2.45, 2.75) is 198 Å². The summed E-state index contributed by atoms with van der Waals surface area (Å²) in [5.41, 5.74) is 0. The first-order chi connectivity index (χ1) is 29.4. The van der Waals surface area contributed by atoms with Crippen molar-refractivity contribution in [1.29, 1.82) is 0 Å². The van der Waals surface area contributed by atoms with Gasteiger partial charge in [-0.3, -0.25) is 18.6 Å². The van der Waals surface area contributed by atoms with Gasteiger partial charge in [0.25, 0.3) is 0 Å². The maximum atomic E-state index is 12.8. The van der Waals surface area contributed by atoms with Crippen LogP contribution in [0.2, 0.25) is 0 Å². The number of aliphatic hydroxyl groups excluding tert-OH is 5. The molecule has 0 aromatic rings. The zero-order valence-corrected chi connectivity index (χ0v) is 37.8. The first-order valence-corrected chi connectivity index (χ1v) is 24.2. The van der Waals surface area contributed by atoms with Gasteiger partial charge in [0.15, 0.2) is 6.10 Å². The molecule has 1 saturated carbocycles. The number of phosphoric ester groups is 1. The van der Waals surface area contributed by atoms with E-state index in [1.54, 1.807) is 0 Å². The number of hydrogen-bond acceptors (Lipinski definition) is 12. The molecule has 0 radical (unpaired) electrons. The second kappa shape index (κ2) is 36.7. The third-order valence-corrected chi connectivity index (χ3v) is 11.0. The molecule has 0 aromatic heterocycles. The maximum Gasteiger partial charge on any atom is 0.472 e. The van der Waals surface area contributed by atoms with Crippen LogP contribution in [0.5, 0.6) is 0 Å². The van der Waals surface area contributed by atoms with Crippen molar-refractivity contribution in [3.8, 4) is 0 Å². The Bertz CT molecular complexity index is 1340. The van der Waals surface area contributed by atoms with Crippen molar-refractivity contribution < 1.29 is 63.1 Å². The summed E-state index contributed by atoms with van der Waals surface area (Å²) in [6.07, 6.45) is 32.4. The molecule has 61 heavy (non-hydrogen) atoms. The molecule has 14 heteroatoms. The maximum absolute atomic E-state index is 12.8. The van der Waals surface area contributed by atoms with Gasteiger partial charge in [-0.1, -0.05) is 132 Å². The molecule has 1 fully saturated rings. The van der Waals surface area contributed by atoms with Crippen molar-refractivity contribution in [1.82, 2.24) is 0 Å². The predicted octanol–water partition coefficient (Wildman–Crippen LogP) is 8.72. The van der Waals surface area contributed by atoms with Gasteiger partial charge in [-0.25, -0.2) is 4.57 Å². The monoisotopic (exact) mass is 883 g/mol. The molecule has 0 heterocycles. The number of carbonyl (C=O) groups excluding carboxylic acids is 2. The summed E-state index contributed by atoms with van der Waals surface area (Å²) in [5, 5.41) is 50.1. The lowest BCUT2D eigenvalue weighted by atomic mass is 9.85. The van der Waals surface area contributed by atoms with E-state index in [1.165, 1.54) is 19.3 Å². The van der Waals surface area contributed by atoms with Gasteiger partial charge in [-0.15, -0.1) is 0 Å². The highest BCUT2D eigenvalue weighted by atomic mass is 31.2. The highest BCUT2D eigenvalue weighted by molar-refractivity contribution is 7.47. The Hall–Kier alpha value is -2.71. The van der Waals surface area contributed by atoms with Crippen LogP contribution in [0.1, 0.15) is 155 Å². The molecule has 1 aliphatic rings. The van der Waals surface area contributed by atoms with E-state index >= 15 is 0 Å². The number of unbranched alkanes of at least 4 members (excludes halogenated alkanes) is 12. The Labute approximate surface area is 365 Å². The summed E-state index contributed by atoms with van der Waals surface area (Å²) in [5.74, 6) is -1.15. The third kappa shape index (κ3) is 29.3. The average molecular weight is 883 g/mol. The van der Waals surface area contributed by atoms with Crippen LogP contribution < -0.4 is 0 Å². The normalized spacial score (nSPS) is 22.7. The number of allylic oxidation sites excluding steroid dienone is 12. The molecular weight excluding hydrogens is 803 g/mol. The lowest BCUT2D eigenvalue weighted by Gasteiger charge is -2.41. The number of hydrogen-bond donors (Lipinski definition) is 6. The number of ether oxygens (including phenoxy) is 2. The third-order valence-electron chi connectivity index (χ3n) is 10.0. The minimum absolute atomic E-state index is 0.0617. The lowest BCUT2D eigenvalue weighted by molar-refractivity contribution is -0.220. The molecular formula is C47H79O13P. The topological polar surface area (TPSA) is 210 Å². The van der Waals surface area contributed by atoms with Crippen molar-refractivity contribution in [2.75, 3.05) is 13.2 Å². The Kier molecular flexibility index (Phi) is 33.9. The zero-order valence-electron chi connectivity index (χ0n) is 36.9. The van der Waals surface area contributed by atoms with Gasteiger partial charge in [0, 0.05) is 12.8 Å². The van der Waals surface area contributed by atoms with E-state index in [0.29, 0.717) is 12.8 Å². The molecule has 0 aliphatic heterocycles. The van der Waals surface area contributed by atoms with Gasteiger partial charge >= 0.3 is 19.8 Å². The standard InChI is InChI=1S/C47H79O13P/c1-3-5-7-9-11-13-15-17-19-20-22-24-26-28-30-32-34-36-41(49)59-39(38-58-61(55,56)60-47-45(53)43(51)42(50)44(52)46(47)54)37-57-40(48)35-33-31-29-27-25-23-21-18-16-14-12-10-8-6-4-2/h5,7,11-14,17-19,21-22,24,39,42-47,50-54H,3-4,6,8-10,15-16,20,23,25-38H2,1-2H3,(H,55,56). The fourth-order valence-electron chi connectivity index (χ4n) is 6.37. The second-order valence-corrected chi connectivity index (χ2v) is 16.9. The van der Waals surface area contributed by atoms with Crippen molar-refractivity contribution >= 4 is 19.8 Å². The molecule has 1 aliphatic carbocycles. The highest BCUT2D eigenvalue weighted by Crippen LogP contribution is 2.47. The number of esters is 2. The molecule has 0 bridgehead atoms. The van der Waals surface area contributed by atoms with Gasteiger partial charge in [0.05, 0.1) is 6.61 Å². The number of rotatable bonds is 36. The van der Waals surface area contributed by atoms with Crippen LogP contribution in [-0.4, -0.2) is 98.3 Å².